The number of halogens is 1. The van der Waals surface area contributed by atoms with Crippen molar-refractivity contribution in [2.75, 3.05) is 10.2 Å². The lowest BCUT2D eigenvalue weighted by Gasteiger charge is -2.18. The summed E-state index contributed by atoms with van der Waals surface area (Å²) in [5.74, 6) is -0.778. The maximum Gasteiger partial charge on any atom is 0.265 e. The summed E-state index contributed by atoms with van der Waals surface area (Å²) in [6.45, 7) is 0. The molecule has 4 atom stereocenters. The third kappa shape index (κ3) is 2.47. The molecule has 1 aromatic heterocycles. The van der Waals surface area contributed by atoms with E-state index in [1.807, 2.05) is 5.38 Å². The van der Waals surface area contributed by atoms with Crippen LogP contribution >= 0.6 is 22.9 Å². The molecule has 2 bridgehead atoms. The van der Waals surface area contributed by atoms with E-state index in [0.29, 0.717) is 21.3 Å². The molecule has 0 spiro atoms. The Morgan fingerprint density at radius 1 is 1.11 bits per heavy atom. The lowest BCUT2D eigenvalue weighted by Crippen LogP contribution is -2.32. The molecular formula is C20H15ClN2O3S. The van der Waals surface area contributed by atoms with Crippen molar-refractivity contribution in [3.63, 3.8) is 0 Å². The van der Waals surface area contributed by atoms with Gasteiger partial charge in [0.2, 0.25) is 11.8 Å². The average molecular weight is 399 g/mol. The summed E-state index contributed by atoms with van der Waals surface area (Å²) in [5.41, 5.74) is 0.830. The van der Waals surface area contributed by atoms with Crippen molar-refractivity contribution in [3.05, 3.63) is 57.8 Å². The van der Waals surface area contributed by atoms with Gasteiger partial charge in [0, 0.05) is 0 Å². The van der Waals surface area contributed by atoms with Gasteiger partial charge in [-0.05, 0) is 47.9 Å². The quantitative estimate of drug-likeness (QED) is 0.628. The first-order chi connectivity index (χ1) is 13.0. The number of rotatable bonds is 3. The second-order valence-electron chi connectivity index (χ2n) is 7.11. The second kappa shape index (κ2) is 6.04. The fourth-order valence-electron chi connectivity index (χ4n) is 4.50. The Labute approximate surface area is 164 Å². The molecule has 2 aromatic rings. The van der Waals surface area contributed by atoms with E-state index in [9.17, 15) is 14.4 Å². The molecule has 7 heteroatoms. The zero-order valence-corrected chi connectivity index (χ0v) is 15.7. The van der Waals surface area contributed by atoms with Crippen LogP contribution in [0.3, 0.4) is 0 Å². The molecule has 3 amide bonds. The van der Waals surface area contributed by atoms with Gasteiger partial charge >= 0.3 is 0 Å². The van der Waals surface area contributed by atoms with E-state index in [-0.39, 0.29) is 41.4 Å². The summed E-state index contributed by atoms with van der Waals surface area (Å²) < 4.78 is 0. The molecule has 4 unspecified atom stereocenters. The van der Waals surface area contributed by atoms with Gasteiger partial charge in [-0.1, -0.05) is 29.8 Å². The van der Waals surface area contributed by atoms with E-state index in [2.05, 4.69) is 17.5 Å². The Balaban J connectivity index is 1.45. The third-order valence-corrected chi connectivity index (χ3v) is 6.87. The van der Waals surface area contributed by atoms with Crippen LogP contribution in [-0.4, -0.2) is 17.7 Å². The van der Waals surface area contributed by atoms with Crippen LogP contribution < -0.4 is 10.2 Å². The molecule has 27 heavy (non-hydrogen) atoms. The van der Waals surface area contributed by atoms with Crippen LogP contribution in [0.2, 0.25) is 5.02 Å². The van der Waals surface area contributed by atoms with Crippen LogP contribution in [0.1, 0.15) is 16.1 Å². The van der Waals surface area contributed by atoms with Crippen molar-refractivity contribution in [2.24, 2.45) is 23.7 Å². The Kier molecular flexibility index (Phi) is 3.74. The molecule has 1 aromatic carbocycles. The number of allylic oxidation sites excluding steroid dienone is 2. The Bertz CT molecular complexity index is 971. The highest BCUT2D eigenvalue weighted by molar-refractivity contribution is 7.12. The van der Waals surface area contributed by atoms with E-state index in [1.165, 1.54) is 16.2 Å². The molecule has 1 saturated carbocycles. The third-order valence-electron chi connectivity index (χ3n) is 5.67. The normalized spacial score (nSPS) is 28.1. The van der Waals surface area contributed by atoms with E-state index in [0.717, 1.165) is 6.42 Å². The second-order valence-corrected chi connectivity index (χ2v) is 8.46. The Morgan fingerprint density at radius 3 is 2.44 bits per heavy atom. The molecule has 1 aliphatic heterocycles. The van der Waals surface area contributed by atoms with Crippen molar-refractivity contribution in [3.8, 4) is 0 Å². The Hall–Kier alpha value is -2.44. The van der Waals surface area contributed by atoms with E-state index < -0.39 is 0 Å². The number of hydrogen-bond acceptors (Lipinski definition) is 4. The molecule has 2 heterocycles. The average Bonchev–Trinajstić information content (AvgIpc) is 3.42. The fourth-order valence-corrected chi connectivity index (χ4v) is 5.28. The molecule has 136 valence electrons. The van der Waals surface area contributed by atoms with Crippen LogP contribution in [0.4, 0.5) is 11.4 Å². The molecule has 2 fully saturated rings. The lowest BCUT2D eigenvalue weighted by atomic mass is 9.85. The standard InChI is InChI=1S/C20H15ClN2O3S/c21-13-6-5-12(9-14(13)22-18(24)15-2-1-7-27-15)23-19(25)16-10-3-4-11(8-10)17(16)20(23)26/h1-7,9-11,16-17H,8H2,(H,22,24). The van der Waals surface area contributed by atoms with Gasteiger partial charge < -0.3 is 5.32 Å². The van der Waals surface area contributed by atoms with E-state index in [4.69, 9.17) is 11.6 Å². The number of imide groups is 1. The summed E-state index contributed by atoms with van der Waals surface area (Å²) in [7, 11) is 0. The van der Waals surface area contributed by atoms with Crippen molar-refractivity contribution in [1.29, 1.82) is 0 Å². The zero-order chi connectivity index (χ0) is 18.7. The largest absolute Gasteiger partial charge is 0.320 e. The predicted octanol–water partition coefficient (Wildman–Crippen LogP) is 3.97. The van der Waals surface area contributed by atoms with Crippen LogP contribution in [0.25, 0.3) is 0 Å². The van der Waals surface area contributed by atoms with E-state index in [1.54, 1.807) is 30.3 Å². The van der Waals surface area contributed by atoms with Gasteiger partial charge in [0.15, 0.2) is 0 Å². The van der Waals surface area contributed by atoms with Gasteiger partial charge in [0.05, 0.1) is 33.1 Å². The monoisotopic (exact) mass is 398 g/mol. The predicted molar refractivity (Wildman–Crippen MR) is 104 cm³/mol. The molecule has 1 N–H and O–H groups in total. The van der Waals surface area contributed by atoms with Crippen molar-refractivity contribution in [1.82, 2.24) is 0 Å². The smallest absolute Gasteiger partial charge is 0.265 e. The summed E-state index contributed by atoms with van der Waals surface area (Å²) >= 11 is 7.55. The molecule has 5 nitrogen and oxygen atoms in total. The number of nitrogens with one attached hydrogen (secondary N) is 1. The van der Waals surface area contributed by atoms with Crippen molar-refractivity contribution in [2.45, 2.75) is 6.42 Å². The Morgan fingerprint density at radius 2 is 1.81 bits per heavy atom. The number of anilines is 2. The number of carbonyl (C=O) groups is 3. The number of amides is 3. The fraction of sp³-hybridized carbons (Fsp3) is 0.250. The minimum absolute atomic E-state index is 0.153. The summed E-state index contributed by atoms with van der Waals surface area (Å²) in [5, 5.41) is 4.93. The maximum absolute atomic E-state index is 12.9. The van der Waals surface area contributed by atoms with Gasteiger partial charge in [0.25, 0.3) is 5.91 Å². The lowest BCUT2D eigenvalue weighted by molar-refractivity contribution is -0.123. The number of benzene rings is 1. The number of hydrogen-bond donors (Lipinski definition) is 1. The molecule has 2 aliphatic carbocycles. The molecular weight excluding hydrogens is 384 g/mol. The highest BCUT2D eigenvalue weighted by Gasteiger charge is 2.59. The van der Waals surface area contributed by atoms with Gasteiger partial charge in [-0.25, -0.2) is 4.90 Å². The van der Waals surface area contributed by atoms with Crippen molar-refractivity contribution < 1.29 is 14.4 Å². The van der Waals surface area contributed by atoms with Gasteiger partial charge in [-0.3, -0.25) is 14.4 Å². The van der Waals surface area contributed by atoms with Crippen LogP contribution in [0.15, 0.2) is 47.9 Å². The maximum atomic E-state index is 12.9. The molecule has 1 saturated heterocycles. The number of nitrogens with zero attached hydrogens (tertiary/aromatic N) is 1. The number of carbonyl (C=O) groups excluding carboxylic acids is 3. The van der Waals surface area contributed by atoms with Crippen LogP contribution in [-0.2, 0) is 9.59 Å². The summed E-state index contributed by atoms with van der Waals surface area (Å²) in [4.78, 5) is 40.0. The number of thiophene rings is 1. The molecule has 3 aliphatic rings. The first-order valence-corrected chi connectivity index (χ1v) is 10.0. The molecule has 5 rings (SSSR count). The molecule has 0 radical (unpaired) electrons. The van der Waals surface area contributed by atoms with E-state index >= 15 is 0 Å². The first kappa shape index (κ1) is 16.7. The first-order valence-electron chi connectivity index (χ1n) is 8.75. The SMILES string of the molecule is O=C(Nc1cc(N2C(=O)C3C4C=CC(C4)C3C2=O)ccc1Cl)c1cccs1. The zero-order valence-electron chi connectivity index (χ0n) is 14.1. The highest BCUT2D eigenvalue weighted by Crippen LogP contribution is 2.53. The highest BCUT2D eigenvalue weighted by atomic mass is 35.5. The topological polar surface area (TPSA) is 66.5 Å². The summed E-state index contributed by atoms with van der Waals surface area (Å²) in [6, 6.07) is 8.35. The minimum atomic E-state index is -0.276. The van der Waals surface area contributed by atoms with Gasteiger partial charge in [0.1, 0.15) is 0 Å². The van der Waals surface area contributed by atoms with Gasteiger partial charge in [-0.2, -0.15) is 0 Å². The number of fused-ring (bicyclic) bond motifs is 5. The van der Waals surface area contributed by atoms with Gasteiger partial charge in [-0.15, -0.1) is 11.3 Å². The minimum Gasteiger partial charge on any atom is -0.320 e. The van der Waals surface area contributed by atoms with Crippen LogP contribution in [0, 0.1) is 23.7 Å². The van der Waals surface area contributed by atoms with Crippen LogP contribution in [0.5, 0.6) is 0 Å². The summed E-state index contributed by atoms with van der Waals surface area (Å²) in [6.07, 6.45) is 5.02. The van der Waals surface area contributed by atoms with Crippen molar-refractivity contribution >= 4 is 52.0 Å².